The number of hydrogen-bond acceptors (Lipinski definition) is 4. The predicted octanol–water partition coefficient (Wildman–Crippen LogP) is 5.61. The highest BCUT2D eigenvalue weighted by atomic mass is 32.1. The van der Waals surface area contributed by atoms with E-state index < -0.39 is 0 Å². The van der Waals surface area contributed by atoms with Gasteiger partial charge in [0.1, 0.15) is 10.8 Å². The van der Waals surface area contributed by atoms with Gasteiger partial charge >= 0.3 is 0 Å². The molecule has 4 aromatic rings. The third-order valence-corrected chi connectivity index (χ3v) is 5.18. The Morgan fingerprint density at radius 1 is 1.04 bits per heavy atom. The van der Waals surface area contributed by atoms with Crippen LogP contribution in [0.5, 0.6) is 5.75 Å². The molecule has 3 aromatic carbocycles. The molecule has 0 aliphatic carbocycles. The number of amides is 1. The van der Waals surface area contributed by atoms with Crippen molar-refractivity contribution < 1.29 is 9.53 Å². The van der Waals surface area contributed by atoms with Crippen LogP contribution in [0, 0.1) is 0 Å². The van der Waals surface area contributed by atoms with Gasteiger partial charge in [0.05, 0.1) is 22.4 Å². The van der Waals surface area contributed by atoms with Crippen molar-refractivity contribution in [2.75, 3.05) is 11.9 Å². The lowest BCUT2D eigenvalue weighted by atomic mass is 10.1. The number of nitrogens with one attached hydrogen (secondary N) is 1. The summed E-state index contributed by atoms with van der Waals surface area (Å²) in [6.07, 6.45) is 0. The van der Waals surface area contributed by atoms with E-state index in [4.69, 9.17) is 4.74 Å². The predicted molar refractivity (Wildman–Crippen MR) is 111 cm³/mol. The lowest BCUT2D eigenvalue weighted by molar-refractivity contribution is 0.102. The molecular weight excluding hydrogens is 356 g/mol. The zero-order valence-corrected chi connectivity index (χ0v) is 15.6. The molecule has 1 amide bonds. The number of aromatic nitrogens is 1. The average molecular weight is 374 g/mol. The zero-order valence-electron chi connectivity index (χ0n) is 14.8. The van der Waals surface area contributed by atoms with Gasteiger partial charge in [-0.25, -0.2) is 4.98 Å². The molecule has 27 heavy (non-hydrogen) atoms. The van der Waals surface area contributed by atoms with Crippen molar-refractivity contribution in [3.05, 3.63) is 78.4 Å². The highest BCUT2D eigenvalue weighted by molar-refractivity contribution is 7.21. The average Bonchev–Trinajstić information content (AvgIpc) is 3.13. The number of carbonyl (C=O) groups excluding carboxylic acids is 1. The van der Waals surface area contributed by atoms with Crippen molar-refractivity contribution >= 4 is 33.1 Å². The third-order valence-electron chi connectivity index (χ3n) is 4.09. The number of nitrogens with zero attached hydrogens (tertiary/aromatic N) is 1. The molecular formula is C22H18N2O2S. The number of rotatable bonds is 5. The molecule has 0 fully saturated rings. The molecule has 4 nitrogen and oxygen atoms in total. The fourth-order valence-electron chi connectivity index (χ4n) is 2.86. The maximum Gasteiger partial charge on any atom is 0.259 e. The molecule has 0 saturated heterocycles. The van der Waals surface area contributed by atoms with E-state index in [1.807, 2.05) is 61.5 Å². The van der Waals surface area contributed by atoms with E-state index >= 15 is 0 Å². The third kappa shape index (κ3) is 3.68. The van der Waals surface area contributed by atoms with Crippen molar-refractivity contribution in [2.24, 2.45) is 0 Å². The second kappa shape index (κ2) is 7.60. The molecule has 1 N–H and O–H groups in total. The molecule has 0 atom stereocenters. The number of anilines is 1. The fourth-order valence-corrected chi connectivity index (χ4v) is 3.82. The van der Waals surface area contributed by atoms with Crippen molar-refractivity contribution in [2.45, 2.75) is 6.92 Å². The van der Waals surface area contributed by atoms with Gasteiger partial charge in [-0.2, -0.15) is 0 Å². The number of para-hydroxylation sites is 2. The quantitative estimate of drug-likeness (QED) is 0.494. The molecule has 1 heterocycles. The van der Waals surface area contributed by atoms with Crippen molar-refractivity contribution in [3.8, 4) is 16.3 Å². The van der Waals surface area contributed by atoms with E-state index in [2.05, 4.69) is 16.4 Å². The summed E-state index contributed by atoms with van der Waals surface area (Å²) in [4.78, 5) is 17.4. The second-order valence-electron chi connectivity index (χ2n) is 5.95. The summed E-state index contributed by atoms with van der Waals surface area (Å²) >= 11 is 1.64. The minimum atomic E-state index is -0.194. The van der Waals surface area contributed by atoms with Gasteiger partial charge in [0.25, 0.3) is 5.91 Å². The Hall–Kier alpha value is -3.18. The van der Waals surface area contributed by atoms with E-state index in [-0.39, 0.29) is 5.91 Å². The Bertz CT molecular complexity index is 1070. The smallest absolute Gasteiger partial charge is 0.259 e. The number of fused-ring (bicyclic) bond motifs is 1. The summed E-state index contributed by atoms with van der Waals surface area (Å²) in [5.74, 6) is 0.389. The fraction of sp³-hybridized carbons (Fsp3) is 0.0909. The molecule has 0 aliphatic heterocycles. The maximum absolute atomic E-state index is 12.7. The highest BCUT2D eigenvalue weighted by Crippen LogP contribution is 2.31. The SMILES string of the molecule is CCOc1ccccc1C(=O)Nc1cccc(-c2nc3ccccc3s2)c1. The summed E-state index contributed by atoms with van der Waals surface area (Å²) in [6, 6.07) is 23.1. The van der Waals surface area contributed by atoms with E-state index in [1.165, 1.54) is 0 Å². The van der Waals surface area contributed by atoms with Gasteiger partial charge in [0, 0.05) is 11.3 Å². The Labute approximate surface area is 161 Å². The van der Waals surface area contributed by atoms with Crippen LogP contribution in [0.15, 0.2) is 72.8 Å². The number of ether oxygens (including phenoxy) is 1. The standard InChI is InChI=1S/C22H18N2O2S/c1-2-26-19-12-5-3-10-17(19)21(25)23-16-9-7-8-15(14-16)22-24-18-11-4-6-13-20(18)27-22/h3-14H,2H2,1H3,(H,23,25). The van der Waals surface area contributed by atoms with Crippen LogP contribution in [0.25, 0.3) is 20.8 Å². The van der Waals surface area contributed by atoms with Gasteiger partial charge < -0.3 is 10.1 Å². The van der Waals surface area contributed by atoms with E-state index in [1.54, 1.807) is 23.5 Å². The van der Waals surface area contributed by atoms with Crippen LogP contribution in [-0.4, -0.2) is 17.5 Å². The van der Waals surface area contributed by atoms with Crippen LogP contribution in [-0.2, 0) is 0 Å². The lowest BCUT2D eigenvalue weighted by Crippen LogP contribution is -2.13. The lowest BCUT2D eigenvalue weighted by Gasteiger charge is -2.11. The van der Waals surface area contributed by atoms with Gasteiger partial charge in [0.15, 0.2) is 0 Å². The Morgan fingerprint density at radius 3 is 2.70 bits per heavy atom. The van der Waals surface area contributed by atoms with Crippen molar-refractivity contribution in [1.29, 1.82) is 0 Å². The number of thiazole rings is 1. The van der Waals surface area contributed by atoms with Gasteiger partial charge in [-0.1, -0.05) is 36.4 Å². The maximum atomic E-state index is 12.7. The molecule has 0 spiro atoms. The van der Waals surface area contributed by atoms with Crippen LogP contribution >= 0.6 is 11.3 Å². The largest absolute Gasteiger partial charge is 0.493 e. The summed E-state index contributed by atoms with van der Waals surface area (Å²) in [7, 11) is 0. The molecule has 4 rings (SSSR count). The molecule has 0 saturated carbocycles. The molecule has 0 radical (unpaired) electrons. The normalized spacial score (nSPS) is 10.7. The monoisotopic (exact) mass is 374 g/mol. The van der Waals surface area contributed by atoms with Crippen LogP contribution < -0.4 is 10.1 Å². The number of carbonyl (C=O) groups is 1. The molecule has 0 unspecified atom stereocenters. The van der Waals surface area contributed by atoms with Gasteiger partial charge in [-0.05, 0) is 43.3 Å². The summed E-state index contributed by atoms with van der Waals surface area (Å²) < 4.78 is 6.70. The number of benzene rings is 3. The molecule has 134 valence electrons. The summed E-state index contributed by atoms with van der Waals surface area (Å²) in [6.45, 7) is 2.41. The summed E-state index contributed by atoms with van der Waals surface area (Å²) in [5, 5.41) is 3.89. The Morgan fingerprint density at radius 2 is 1.85 bits per heavy atom. The van der Waals surface area contributed by atoms with Gasteiger partial charge in [-0.15, -0.1) is 11.3 Å². The van der Waals surface area contributed by atoms with Crippen LogP contribution in [0.2, 0.25) is 0 Å². The van der Waals surface area contributed by atoms with Crippen molar-refractivity contribution in [1.82, 2.24) is 4.98 Å². The van der Waals surface area contributed by atoms with Gasteiger partial charge in [-0.3, -0.25) is 4.79 Å². The molecule has 0 bridgehead atoms. The molecule has 0 aliphatic rings. The van der Waals surface area contributed by atoms with Crippen LogP contribution in [0.1, 0.15) is 17.3 Å². The van der Waals surface area contributed by atoms with Gasteiger partial charge in [0.2, 0.25) is 0 Å². The highest BCUT2D eigenvalue weighted by Gasteiger charge is 2.13. The minimum absolute atomic E-state index is 0.194. The summed E-state index contributed by atoms with van der Waals surface area (Å²) in [5.41, 5.74) is 3.21. The van der Waals surface area contributed by atoms with E-state index in [9.17, 15) is 4.79 Å². The molecule has 1 aromatic heterocycles. The topological polar surface area (TPSA) is 51.2 Å². The Kier molecular flexibility index (Phi) is 4.85. The molecule has 5 heteroatoms. The second-order valence-corrected chi connectivity index (χ2v) is 6.98. The first-order chi connectivity index (χ1) is 13.2. The van der Waals surface area contributed by atoms with Crippen LogP contribution in [0.3, 0.4) is 0 Å². The van der Waals surface area contributed by atoms with Crippen LogP contribution in [0.4, 0.5) is 5.69 Å². The van der Waals surface area contributed by atoms with Crippen molar-refractivity contribution in [3.63, 3.8) is 0 Å². The van der Waals surface area contributed by atoms with E-state index in [0.29, 0.717) is 17.9 Å². The Balaban J connectivity index is 1.60. The first-order valence-corrected chi connectivity index (χ1v) is 9.55. The number of hydrogen-bond donors (Lipinski definition) is 1. The minimum Gasteiger partial charge on any atom is -0.493 e. The first kappa shape index (κ1) is 17.2. The zero-order chi connectivity index (χ0) is 18.6. The first-order valence-electron chi connectivity index (χ1n) is 8.74. The van der Waals surface area contributed by atoms with E-state index in [0.717, 1.165) is 26.5 Å².